The lowest BCUT2D eigenvalue weighted by Crippen LogP contribution is -2.59. The van der Waals surface area contributed by atoms with Crippen molar-refractivity contribution < 1.29 is 40.0 Å². The van der Waals surface area contributed by atoms with E-state index in [0.29, 0.717) is 18.2 Å². The van der Waals surface area contributed by atoms with Crippen LogP contribution in [0.5, 0.6) is 0 Å². The molecule has 5 nitrogen and oxygen atoms in total. The first-order valence-electron chi connectivity index (χ1n) is 9.73. The highest BCUT2D eigenvalue weighted by atomic mass is 35.5. The average Bonchev–Trinajstić information content (AvgIpc) is 2.71. The number of benzene rings is 2. The van der Waals surface area contributed by atoms with Gasteiger partial charge in [-0.05, 0) is 29.3 Å². The molecule has 1 saturated heterocycles. The number of amides is 1. The number of likely N-dealkylation sites (tertiary alicyclic amines) is 1. The van der Waals surface area contributed by atoms with Crippen molar-refractivity contribution in [2.24, 2.45) is 0 Å². The molecule has 0 unspecified atom stereocenters. The molecule has 0 aromatic heterocycles. The molecule has 0 radical (unpaired) electrons. The van der Waals surface area contributed by atoms with E-state index in [1.54, 1.807) is 0 Å². The topological polar surface area (TPSA) is 71.5 Å². The van der Waals surface area contributed by atoms with Crippen LogP contribution in [0.2, 0.25) is 10.0 Å². The van der Waals surface area contributed by atoms with E-state index in [2.05, 4.69) is 0 Å². The van der Waals surface area contributed by atoms with Gasteiger partial charge in [0.1, 0.15) is 5.75 Å². The maximum absolute atomic E-state index is 15.1. The van der Waals surface area contributed by atoms with Gasteiger partial charge in [0.25, 0.3) is 0 Å². The van der Waals surface area contributed by atoms with Crippen LogP contribution in [0.15, 0.2) is 42.5 Å². The number of sulfone groups is 1. The first-order valence-corrected chi connectivity index (χ1v) is 12.5. The van der Waals surface area contributed by atoms with Crippen LogP contribution in [-0.4, -0.2) is 56.3 Å². The van der Waals surface area contributed by atoms with E-state index in [4.69, 9.17) is 23.2 Å². The molecule has 1 aliphatic heterocycles. The molecule has 3 rings (SSSR count). The Labute approximate surface area is 207 Å². The van der Waals surface area contributed by atoms with Gasteiger partial charge >= 0.3 is 6.18 Å². The maximum Gasteiger partial charge on any atom is 0.417 e. The molecular weight excluding hydrogens is 540 g/mol. The van der Waals surface area contributed by atoms with Gasteiger partial charge < -0.3 is 4.90 Å². The first kappa shape index (κ1) is 27.1. The highest BCUT2D eigenvalue weighted by molar-refractivity contribution is 7.91. The minimum absolute atomic E-state index is 0.0644. The lowest BCUT2D eigenvalue weighted by atomic mass is 9.87. The third-order valence-electron chi connectivity index (χ3n) is 5.18. The van der Waals surface area contributed by atoms with Gasteiger partial charge in [-0.15, -0.1) is 0 Å². The summed E-state index contributed by atoms with van der Waals surface area (Å²) in [5.41, 5.74) is -4.15. The number of hydrogen-bond acceptors (Lipinski definition) is 4. The van der Waals surface area contributed by atoms with Crippen LogP contribution in [0, 0.1) is 5.82 Å². The number of carbonyl (C=O) groups excluding carboxylic acids is 2. The summed E-state index contributed by atoms with van der Waals surface area (Å²) < 4.78 is 91.9. The van der Waals surface area contributed by atoms with E-state index in [0.717, 1.165) is 23.3 Å². The number of halogens is 7. The van der Waals surface area contributed by atoms with Gasteiger partial charge in [-0.25, -0.2) is 17.2 Å². The highest BCUT2D eigenvalue weighted by Gasteiger charge is 2.47. The van der Waals surface area contributed by atoms with E-state index in [9.17, 15) is 35.6 Å². The Hall–Kier alpha value is -2.50. The first-order chi connectivity index (χ1) is 16.0. The highest BCUT2D eigenvalue weighted by Crippen LogP contribution is 2.38. The fourth-order valence-corrected chi connectivity index (χ4v) is 4.54. The van der Waals surface area contributed by atoms with Crippen molar-refractivity contribution in [1.29, 1.82) is 0 Å². The molecule has 2 aromatic rings. The van der Waals surface area contributed by atoms with E-state index in [-0.39, 0.29) is 11.1 Å². The minimum Gasteiger partial charge on any atom is -0.335 e. The Balaban J connectivity index is 1.81. The van der Waals surface area contributed by atoms with Crippen LogP contribution >= 0.6 is 23.2 Å². The van der Waals surface area contributed by atoms with Gasteiger partial charge in [0.15, 0.2) is 27.1 Å². The third kappa shape index (κ3) is 6.20. The number of alkyl halides is 4. The van der Waals surface area contributed by atoms with Crippen molar-refractivity contribution in [3.05, 3.63) is 75.0 Å². The molecule has 1 aliphatic rings. The Bertz CT molecular complexity index is 1300. The van der Waals surface area contributed by atoms with Gasteiger partial charge in [-0.2, -0.15) is 13.2 Å². The summed E-state index contributed by atoms with van der Waals surface area (Å²) in [6, 6.07) is 6.01. The Kier molecular flexibility index (Phi) is 7.36. The molecule has 0 saturated carbocycles. The van der Waals surface area contributed by atoms with Crippen LogP contribution < -0.4 is 0 Å². The van der Waals surface area contributed by atoms with Crippen LogP contribution in [0.1, 0.15) is 21.5 Å². The fourth-order valence-electron chi connectivity index (χ4n) is 3.42. The molecule has 0 spiro atoms. The fraction of sp³-hybridized carbons (Fsp3) is 0.273. The van der Waals surface area contributed by atoms with E-state index < -0.39 is 79.2 Å². The van der Waals surface area contributed by atoms with Crippen molar-refractivity contribution in [3.63, 3.8) is 0 Å². The molecule has 0 atom stereocenters. The predicted molar refractivity (Wildman–Crippen MR) is 120 cm³/mol. The monoisotopic (exact) mass is 555 g/mol. The molecule has 1 fully saturated rings. The average molecular weight is 556 g/mol. The van der Waals surface area contributed by atoms with Crippen molar-refractivity contribution in [3.8, 4) is 0 Å². The normalized spacial score (nSPS) is 16.1. The molecule has 0 N–H and O–H groups in total. The van der Waals surface area contributed by atoms with Gasteiger partial charge in [-0.1, -0.05) is 47.5 Å². The zero-order valence-corrected chi connectivity index (χ0v) is 20.1. The van der Waals surface area contributed by atoms with Crippen molar-refractivity contribution in [2.45, 2.75) is 11.8 Å². The molecule has 188 valence electrons. The Morgan fingerprint density at radius 2 is 1.57 bits per heavy atom. The summed E-state index contributed by atoms with van der Waals surface area (Å²) in [4.78, 5) is 25.4. The molecule has 0 bridgehead atoms. The van der Waals surface area contributed by atoms with Gasteiger partial charge in [-0.3, -0.25) is 9.59 Å². The van der Waals surface area contributed by atoms with Crippen molar-refractivity contribution in [1.82, 2.24) is 4.90 Å². The van der Waals surface area contributed by atoms with Crippen molar-refractivity contribution in [2.75, 3.05) is 25.1 Å². The summed E-state index contributed by atoms with van der Waals surface area (Å²) in [5, 5.41) is -1.31. The summed E-state index contributed by atoms with van der Waals surface area (Å²) in [5.74, 6) is -3.67. The number of rotatable bonds is 6. The van der Waals surface area contributed by atoms with E-state index >= 15 is 4.39 Å². The Morgan fingerprint density at radius 1 is 1.06 bits per heavy atom. The molecule has 1 heterocycles. The smallest absolute Gasteiger partial charge is 0.335 e. The lowest BCUT2D eigenvalue weighted by Gasteiger charge is -2.44. The lowest BCUT2D eigenvalue weighted by molar-refractivity contribution is -0.143. The van der Waals surface area contributed by atoms with Gasteiger partial charge in [0, 0.05) is 11.8 Å². The van der Waals surface area contributed by atoms with Crippen LogP contribution in [0.25, 0.3) is 5.57 Å². The second-order valence-corrected chi connectivity index (χ2v) is 11.0. The van der Waals surface area contributed by atoms with E-state index in [1.807, 2.05) is 0 Å². The third-order valence-corrected chi connectivity index (χ3v) is 6.51. The van der Waals surface area contributed by atoms with Crippen LogP contribution in [-0.2, 0) is 20.3 Å². The number of carbonyl (C=O) groups is 2. The minimum atomic E-state index is -5.00. The predicted octanol–water partition coefficient (Wildman–Crippen LogP) is 5.01. The van der Waals surface area contributed by atoms with E-state index in [1.165, 1.54) is 12.1 Å². The van der Waals surface area contributed by atoms with Gasteiger partial charge in [0.05, 0.1) is 28.7 Å². The summed E-state index contributed by atoms with van der Waals surface area (Å²) in [6.07, 6.45) is -3.83. The zero-order valence-electron chi connectivity index (χ0n) is 17.8. The van der Waals surface area contributed by atoms with Crippen molar-refractivity contribution >= 4 is 50.3 Å². The number of nitrogens with zero attached hydrogens (tertiary/aromatic N) is 1. The summed E-state index contributed by atoms with van der Waals surface area (Å²) in [7, 11) is -3.58. The standard InChI is InChI=1S/C22H16Cl2F5NO4S/c1-35(33,34)9-19(32)30-10-21(26,11-30)14-4-2-12(3-5-14)18(31)8-15(22(27,28)29)13-6-16(23)20(25)17(24)7-13/h2-8H,9-11H2,1H3/b15-8+. The van der Waals surface area contributed by atoms with Gasteiger partial charge in [0.2, 0.25) is 5.91 Å². The number of allylic oxidation sites excluding steroid dienone is 2. The SMILES string of the molecule is CS(=O)(=O)CC(=O)N1CC(F)(c2ccc(C(=O)/C=C(\c3cc(Cl)c(F)c(Cl)c3)C(F)(F)F)cc2)C1. The molecule has 0 aliphatic carbocycles. The molecule has 35 heavy (non-hydrogen) atoms. The molecular formula is C22H16Cl2F5NO4S. The van der Waals surface area contributed by atoms with Crippen LogP contribution in [0.4, 0.5) is 22.0 Å². The zero-order chi connectivity index (χ0) is 26.3. The quantitative estimate of drug-likeness (QED) is 0.217. The Morgan fingerprint density at radius 3 is 2.03 bits per heavy atom. The largest absolute Gasteiger partial charge is 0.417 e. The number of hydrogen-bond donors (Lipinski definition) is 0. The molecule has 1 amide bonds. The molecule has 13 heteroatoms. The number of ketones is 1. The molecule has 2 aromatic carbocycles. The summed E-state index contributed by atoms with van der Waals surface area (Å²) in [6.45, 7) is -0.808. The van der Waals surface area contributed by atoms with Crippen LogP contribution in [0.3, 0.4) is 0 Å². The second kappa shape index (κ2) is 9.51. The second-order valence-electron chi connectivity index (χ2n) is 8.04. The maximum atomic E-state index is 15.1. The summed E-state index contributed by atoms with van der Waals surface area (Å²) >= 11 is 11.2.